The van der Waals surface area contributed by atoms with Gasteiger partial charge in [0.15, 0.2) is 5.96 Å². The van der Waals surface area contributed by atoms with Gasteiger partial charge in [0.05, 0.1) is 6.54 Å². The van der Waals surface area contributed by atoms with Gasteiger partial charge in [0, 0.05) is 42.0 Å². The van der Waals surface area contributed by atoms with E-state index >= 15 is 0 Å². The lowest BCUT2D eigenvalue weighted by Gasteiger charge is -2.26. The molecule has 1 aromatic heterocycles. The lowest BCUT2D eigenvalue weighted by Crippen LogP contribution is -2.36. The number of likely N-dealkylation sites (tertiary alicyclic amines) is 1. The van der Waals surface area contributed by atoms with Crippen molar-refractivity contribution < 1.29 is 4.79 Å². The van der Waals surface area contributed by atoms with Crippen LogP contribution in [0, 0.1) is 0 Å². The Balaban J connectivity index is 1.48. The van der Waals surface area contributed by atoms with Gasteiger partial charge in [0.2, 0.25) is 0 Å². The van der Waals surface area contributed by atoms with Crippen LogP contribution in [0.3, 0.4) is 0 Å². The minimum Gasteiger partial charge on any atom is -0.352 e. The van der Waals surface area contributed by atoms with Crippen molar-refractivity contribution in [3.8, 4) is 0 Å². The molecule has 6 heteroatoms. The van der Waals surface area contributed by atoms with Crippen molar-refractivity contribution in [2.75, 3.05) is 20.1 Å². The molecule has 2 heterocycles. The number of nitrogens with zero attached hydrogens (tertiary/aromatic N) is 2. The first kappa shape index (κ1) is 20.4. The van der Waals surface area contributed by atoms with Crippen LogP contribution in [-0.4, -0.2) is 36.9 Å². The van der Waals surface area contributed by atoms with Crippen LogP contribution in [0.25, 0.3) is 0 Å². The third kappa shape index (κ3) is 5.58. The summed E-state index contributed by atoms with van der Waals surface area (Å²) in [6, 6.07) is 12.3. The number of aliphatic imine (C=N–C) groups is 1. The monoisotopic (exact) mass is 398 g/mol. The van der Waals surface area contributed by atoms with Crippen LogP contribution >= 0.6 is 11.3 Å². The average molecular weight is 399 g/mol. The number of hydrogen-bond acceptors (Lipinski definition) is 3. The normalized spacial score (nSPS) is 14.8. The lowest BCUT2D eigenvalue weighted by atomic mass is 10.1. The van der Waals surface area contributed by atoms with Crippen LogP contribution in [0.5, 0.6) is 0 Å². The molecular weight excluding hydrogens is 368 g/mol. The number of carbonyl (C=O) groups excluding carboxylic acids is 1. The Bertz CT molecular complexity index is 791. The largest absolute Gasteiger partial charge is 0.352 e. The third-order valence-electron chi connectivity index (χ3n) is 5.02. The molecule has 0 saturated carbocycles. The lowest BCUT2D eigenvalue weighted by molar-refractivity contribution is 0.0724. The SMILES string of the molecule is CCc1ccc(CNC(=NC)NCc2ccc(C(=O)N3CCCCC3)cc2)s1. The minimum absolute atomic E-state index is 0.152. The van der Waals surface area contributed by atoms with Gasteiger partial charge in [-0.05, 0) is 55.5 Å². The second kappa shape index (κ2) is 10.3. The second-order valence-electron chi connectivity index (χ2n) is 7.05. The molecule has 28 heavy (non-hydrogen) atoms. The Labute approximate surface area is 171 Å². The van der Waals surface area contributed by atoms with E-state index in [1.807, 2.05) is 40.5 Å². The molecule has 0 radical (unpaired) electrons. The zero-order valence-electron chi connectivity index (χ0n) is 16.8. The van der Waals surface area contributed by atoms with Gasteiger partial charge in [-0.15, -0.1) is 11.3 Å². The van der Waals surface area contributed by atoms with Crippen LogP contribution in [0.4, 0.5) is 0 Å². The van der Waals surface area contributed by atoms with Crippen molar-refractivity contribution in [1.82, 2.24) is 15.5 Å². The molecule has 1 amide bonds. The van der Waals surface area contributed by atoms with E-state index in [0.29, 0.717) is 6.54 Å². The van der Waals surface area contributed by atoms with Crippen molar-refractivity contribution in [2.24, 2.45) is 4.99 Å². The maximum atomic E-state index is 12.5. The van der Waals surface area contributed by atoms with Crippen LogP contribution in [0.1, 0.15) is 51.9 Å². The number of amides is 1. The standard InChI is InChI=1S/C22H30N4OS/c1-3-19-11-12-20(28-19)16-25-22(23-2)24-15-17-7-9-18(10-8-17)21(27)26-13-5-4-6-14-26/h7-12H,3-6,13-16H2,1-2H3,(H2,23,24,25). The Morgan fingerprint density at radius 1 is 1.00 bits per heavy atom. The van der Waals surface area contributed by atoms with Crippen molar-refractivity contribution >= 4 is 23.2 Å². The molecule has 0 spiro atoms. The van der Waals surface area contributed by atoms with Gasteiger partial charge in [-0.1, -0.05) is 19.1 Å². The Kier molecular flexibility index (Phi) is 7.48. The first-order valence-electron chi connectivity index (χ1n) is 10.1. The Morgan fingerprint density at radius 2 is 1.68 bits per heavy atom. The van der Waals surface area contributed by atoms with Gasteiger partial charge in [-0.2, -0.15) is 0 Å². The number of hydrogen-bond donors (Lipinski definition) is 2. The summed E-state index contributed by atoms with van der Waals surface area (Å²) in [5.74, 6) is 0.930. The molecule has 5 nitrogen and oxygen atoms in total. The summed E-state index contributed by atoms with van der Waals surface area (Å²) in [6.45, 7) is 5.38. The van der Waals surface area contributed by atoms with E-state index in [1.165, 1.54) is 16.2 Å². The maximum absolute atomic E-state index is 12.5. The highest BCUT2D eigenvalue weighted by atomic mass is 32.1. The highest BCUT2D eigenvalue weighted by Crippen LogP contribution is 2.16. The summed E-state index contributed by atoms with van der Waals surface area (Å²) >= 11 is 1.83. The molecule has 3 rings (SSSR count). The summed E-state index contributed by atoms with van der Waals surface area (Å²) < 4.78 is 0. The van der Waals surface area contributed by atoms with E-state index in [0.717, 1.165) is 56.0 Å². The van der Waals surface area contributed by atoms with E-state index in [2.05, 4.69) is 34.7 Å². The van der Waals surface area contributed by atoms with Crippen LogP contribution in [0.15, 0.2) is 41.4 Å². The van der Waals surface area contributed by atoms with E-state index in [-0.39, 0.29) is 5.91 Å². The highest BCUT2D eigenvalue weighted by Gasteiger charge is 2.17. The van der Waals surface area contributed by atoms with Gasteiger partial charge >= 0.3 is 0 Å². The van der Waals surface area contributed by atoms with Crippen LogP contribution in [-0.2, 0) is 19.5 Å². The predicted octanol–water partition coefficient (Wildman–Crippen LogP) is 3.80. The summed E-state index contributed by atoms with van der Waals surface area (Å²) in [5, 5.41) is 6.69. The number of benzene rings is 1. The molecular formula is C22H30N4OS. The van der Waals surface area contributed by atoms with E-state index < -0.39 is 0 Å². The van der Waals surface area contributed by atoms with Gasteiger partial charge < -0.3 is 15.5 Å². The molecule has 1 aliphatic heterocycles. The topological polar surface area (TPSA) is 56.7 Å². The quantitative estimate of drug-likeness (QED) is 0.575. The van der Waals surface area contributed by atoms with Crippen LogP contribution < -0.4 is 10.6 Å². The van der Waals surface area contributed by atoms with Crippen molar-refractivity contribution in [3.63, 3.8) is 0 Å². The van der Waals surface area contributed by atoms with Crippen molar-refractivity contribution in [3.05, 3.63) is 57.3 Å². The number of guanidine groups is 1. The van der Waals surface area contributed by atoms with Crippen LogP contribution in [0.2, 0.25) is 0 Å². The minimum atomic E-state index is 0.152. The fourth-order valence-electron chi connectivity index (χ4n) is 3.33. The van der Waals surface area contributed by atoms with E-state index in [9.17, 15) is 4.79 Å². The number of rotatable bonds is 6. The van der Waals surface area contributed by atoms with Crippen molar-refractivity contribution in [1.29, 1.82) is 0 Å². The zero-order valence-corrected chi connectivity index (χ0v) is 17.6. The van der Waals surface area contributed by atoms with Gasteiger partial charge in [0.25, 0.3) is 5.91 Å². The Hall–Kier alpha value is -2.34. The molecule has 1 aromatic carbocycles. The Morgan fingerprint density at radius 3 is 2.32 bits per heavy atom. The smallest absolute Gasteiger partial charge is 0.253 e. The first-order valence-corrected chi connectivity index (χ1v) is 10.9. The maximum Gasteiger partial charge on any atom is 0.253 e. The number of nitrogens with one attached hydrogen (secondary N) is 2. The molecule has 1 saturated heterocycles. The molecule has 150 valence electrons. The molecule has 0 aliphatic carbocycles. The molecule has 0 bridgehead atoms. The summed E-state index contributed by atoms with van der Waals surface area (Å²) in [4.78, 5) is 21.5. The van der Waals surface area contributed by atoms with Crippen molar-refractivity contribution in [2.45, 2.75) is 45.7 Å². The molecule has 2 N–H and O–H groups in total. The zero-order chi connectivity index (χ0) is 19.8. The fourth-order valence-corrected chi connectivity index (χ4v) is 4.23. The highest BCUT2D eigenvalue weighted by molar-refractivity contribution is 7.11. The van der Waals surface area contributed by atoms with Gasteiger partial charge in [-0.3, -0.25) is 9.79 Å². The number of aryl methyl sites for hydroxylation is 1. The number of thiophene rings is 1. The molecule has 1 fully saturated rings. The molecule has 0 atom stereocenters. The summed E-state index contributed by atoms with van der Waals surface area (Å²) in [6.07, 6.45) is 4.54. The molecule has 1 aliphatic rings. The number of piperidine rings is 1. The van der Waals surface area contributed by atoms with Gasteiger partial charge in [0.1, 0.15) is 0 Å². The molecule has 2 aromatic rings. The predicted molar refractivity (Wildman–Crippen MR) is 117 cm³/mol. The average Bonchev–Trinajstić information content (AvgIpc) is 3.22. The number of carbonyl (C=O) groups is 1. The summed E-state index contributed by atoms with van der Waals surface area (Å²) in [7, 11) is 1.78. The third-order valence-corrected chi connectivity index (χ3v) is 6.25. The molecule has 0 unspecified atom stereocenters. The van der Waals surface area contributed by atoms with E-state index in [4.69, 9.17) is 0 Å². The summed E-state index contributed by atoms with van der Waals surface area (Å²) in [5.41, 5.74) is 1.90. The van der Waals surface area contributed by atoms with E-state index in [1.54, 1.807) is 7.05 Å². The second-order valence-corrected chi connectivity index (χ2v) is 8.30. The first-order chi connectivity index (χ1) is 13.7. The fraction of sp³-hybridized carbons (Fsp3) is 0.455. The van der Waals surface area contributed by atoms with Gasteiger partial charge in [-0.25, -0.2) is 0 Å².